The monoisotopic (exact) mass is 370 g/mol. The molecule has 1 aliphatic heterocycles. The number of amides is 2. The van der Waals surface area contributed by atoms with E-state index in [0.717, 1.165) is 18.7 Å². The molecule has 0 atom stereocenters. The Labute approximate surface area is 159 Å². The van der Waals surface area contributed by atoms with Crippen LogP contribution >= 0.6 is 0 Å². The number of imidazole rings is 1. The lowest BCUT2D eigenvalue weighted by atomic mass is 9.95. The number of primary amides is 1. The number of benzene rings is 1. The van der Waals surface area contributed by atoms with Gasteiger partial charge in [-0.2, -0.15) is 0 Å². The van der Waals surface area contributed by atoms with Crippen molar-refractivity contribution in [1.29, 1.82) is 0 Å². The van der Waals surface area contributed by atoms with Crippen LogP contribution in [0.2, 0.25) is 0 Å². The summed E-state index contributed by atoms with van der Waals surface area (Å²) in [4.78, 5) is 30.1. The standard InChI is InChI=1S/C20H26N4O3/c1-14(2)24-11-8-22-19(24)15-6-9-23(10-7-15)20(26)16-4-3-5-17(12-16)27-13-18(21)25/h3-5,8,11-12,14-15H,6-7,9-10,13H2,1-2H3,(H2,21,25). The van der Waals surface area contributed by atoms with Gasteiger partial charge in [-0.25, -0.2) is 4.98 Å². The number of likely N-dealkylation sites (tertiary alicyclic amines) is 1. The predicted octanol–water partition coefficient (Wildman–Crippen LogP) is 2.35. The number of nitrogens with zero attached hydrogens (tertiary/aromatic N) is 3. The van der Waals surface area contributed by atoms with Gasteiger partial charge in [0.15, 0.2) is 6.61 Å². The minimum atomic E-state index is -0.548. The molecule has 3 rings (SSSR count). The molecule has 0 aliphatic carbocycles. The zero-order chi connectivity index (χ0) is 19.4. The minimum absolute atomic E-state index is 0.0230. The lowest BCUT2D eigenvalue weighted by molar-refractivity contribution is -0.119. The first kappa shape index (κ1) is 18.9. The van der Waals surface area contributed by atoms with Gasteiger partial charge in [0.2, 0.25) is 0 Å². The van der Waals surface area contributed by atoms with Crippen LogP contribution in [-0.4, -0.2) is 46.0 Å². The van der Waals surface area contributed by atoms with Crippen molar-refractivity contribution in [3.8, 4) is 5.75 Å². The van der Waals surface area contributed by atoms with Gasteiger partial charge in [0, 0.05) is 43.0 Å². The Bertz CT molecular complexity index is 807. The molecule has 27 heavy (non-hydrogen) atoms. The van der Waals surface area contributed by atoms with Gasteiger partial charge < -0.3 is 19.9 Å². The van der Waals surface area contributed by atoms with E-state index in [2.05, 4.69) is 23.4 Å². The summed E-state index contributed by atoms with van der Waals surface area (Å²) < 4.78 is 7.50. The quantitative estimate of drug-likeness (QED) is 0.845. The molecule has 0 unspecified atom stereocenters. The first-order chi connectivity index (χ1) is 13.0. The maximum Gasteiger partial charge on any atom is 0.255 e. The van der Waals surface area contributed by atoms with Crippen molar-refractivity contribution in [3.63, 3.8) is 0 Å². The van der Waals surface area contributed by atoms with Gasteiger partial charge in [0.05, 0.1) is 0 Å². The molecular formula is C20H26N4O3. The number of aromatic nitrogens is 2. The Hall–Kier alpha value is -2.83. The van der Waals surface area contributed by atoms with Crippen molar-refractivity contribution < 1.29 is 14.3 Å². The Morgan fingerprint density at radius 1 is 1.30 bits per heavy atom. The Balaban J connectivity index is 1.62. The molecular weight excluding hydrogens is 344 g/mol. The molecule has 7 heteroatoms. The second-order valence-electron chi connectivity index (χ2n) is 7.14. The van der Waals surface area contributed by atoms with E-state index in [4.69, 9.17) is 10.5 Å². The van der Waals surface area contributed by atoms with E-state index >= 15 is 0 Å². The zero-order valence-corrected chi connectivity index (χ0v) is 15.8. The topological polar surface area (TPSA) is 90.4 Å². The molecule has 0 radical (unpaired) electrons. The molecule has 2 N–H and O–H groups in total. The lowest BCUT2D eigenvalue weighted by Gasteiger charge is -2.32. The number of piperidine rings is 1. The van der Waals surface area contributed by atoms with E-state index in [1.54, 1.807) is 24.3 Å². The highest BCUT2D eigenvalue weighted by molar-refractivity contribution is 5.94. The van der Waals surface area contributed by atoms with Crippen LogP contribution in [0.4, 0.5) is 0 Å². The Morgan fingerprint density at radius 3 is 2.70 bits per heavy atom. The van der Waals surface area contributed by atoms with Gasteiger partial charge in [-0.05, 0) is 44.9 Å². The van der Waals surface area contributed by atoms with Crippen molar-refractivity contribution in [2.24, 2.45) is 5.73 Å². The molecule has 1 aromatic heterocycles. The average Bonchev–Trinajstić information content (AvgIpc) is 3.16. The van der Waals surface area contributed by atoms with Crippen LogP contribution in [0, 0.1) is 0 Å². The van der Waals surface area contributed by atoms with E-state index in [-0.39, 0.29) is 12.5 Å². The fourth-order valence-electron chi connectivity index (χ4n) is 3.47. The molecule has 1 saturated heterocycles. The summed E-state index contributed by atoms with van der Waals surface area (Å²) in [6.45, 7) is 5.49. The third-order valence-electron chi connectivity index (χ3n) is 4.86. The van der Waals surface area contributed by atoms with E-state index in [0.29, 0.717) is 36.4 Å². The SMILES string of the molecule is CC(C)n1ccnc1C1CCN(C(=O)c2cccc(OCC(N)=O)c2)CC1. The fraction of sp³-hybridized carbons (Fsp3) is 0.450. The van der Waals surface area contributed by atoms with Crippen molar-refractivity contribution in [2.75, 3.05) is 19.7 Å². The van der Waals surface area contributed by atoms with Gasteiger partial charge in [0.1, 0.15) is 11.6 Å². The number of carbonyl (C=O) groups is 2. The molecule has 1 aliphatic rings. The van der Waals surface area contributed by atoms with Crippen LogP contribution in [-0.2, 0) is 4.79 Å². The van der Waals surface area contributed by atoms with Crippen LogP contribution in [0.3, 0.4) is 0 Å². The molecule has 1 fully saturated rings. The molecule has 0 spiro atoms. The summed E-state index contributed by atoms with van der Waals surface area (Å²) >= 11 is 0. The molecule has 0 bridgehead atoms. The second-order valence-corrected chi connectivity index (χ2v) is 7.14. The summed E-state index contributed by atoms with van der Waals surface area (Å²) in [5.74, 6) is 1.38. The number of nitrogens with two attached hydrogens (primary N) is 1. The van der Waals surface area contributed by atoms with Crippen LogP contribution in [0.15, 0.2) is 36.7 Å². The van der Waals surface area contributed by atoms with E-state index < -0.39 is 5.91 Å². The van der Waals surface area contributed by atoms with Crippen LogP contribution in [0.1, 0.15) is 54.8 Å². The highest BCUT2D eigenvalue weighted by atomic mass is 16.5. The first-order valence-corrected chi connectivity index (χ1v) is 9.29. The van der Waals surface area contributed by atoms with E-state index in [9.17, 15) is 9.59 Å². The Kier molecular flexibility index (Phi) is 5.78. The summed E-state index contributed by atoms with van der Waals surface area (Å²) in [5.41, 5.74) is 5.65. The summed E-state index contributed by atoms with van der Waals surface area (Å²) in [6, 6.07) is 7.25. The molecule has 2 heterocycles. The van der Waals surface area contributed by atoms with Crippen LogP contribution in [0.25, 0.3) is 0 Å². The summed E-state index contributed by atoms with van der Waals surface area (Å²) in [5, 5.41) is 0. The fourth-order valence-corrected chi connectivity index (χ4v) is 3.47. The van der Waals surface area contributed by atoms with Crippen molar-refractivity contribution >= 4 is 11.8 Å². The molecule has 7 nitrogen and oxygen atoms in total. The molecule has 144 valence electrons. The van der Waals surface area contributed by atoms with Gasteiger partial charge in [-0.3, -0.25) is 9.59 Å². The smallest absolute Gasteiger partial charge is 0.255 e. The first-order valence-electron chi connectivity index (χ1n) is 9.29. The predicted molar refractivity (Wildman–Crippen MR) is 102 cm³/mol. The summed E-state index contributed by atoms with van der Waals surface area (Å²) in [6.07, 6.45) is 5.67. The third-order valence-corrected chi connectivity index (χ3v) is 4.86. The average molecular weight is 370 g/mol. The molecule has 2 aromatic rings. The van der Waals surface area contributed by atoms with Gasteiger partial charge in [-0.1, -0.05) is 6.07 Å². The summed E-state index contributed by atoms with van der Waals surface area (Å²) in [7, 11) is 0. The Morgan fingerprint density at radius 2 is 2.04 bits per heavy atom. The van der Waals surface area contributed by atoms with E-state index in [1.807, 2.05) is 17.3 Å². The molecule has 1 aromatic carbocycles. The number of hydrogen-bond acceptors (Lipinski definition) is 4. The number of ether oxygens (including phenoxy) is 1. The highest BCUT2D eigenvalue weighted by Crippen LogP contribution is 2.29. The number of rotatable bonds is 6. The number of carbonyl (C=O) groups excluding carboxylic acids is 2. The van der Waals surface area contributed by atoms with Crippen LogP contribution in [0.5, 0.6) is 5.75 Å². The maximum atomic E-state index is 12.8. The van der Waals surface area contributed by atoms with Crippen molar-refractivity contribution in [1.82, 2.24) is 14.5 Å². The largest absolute Gasteiger partial charge is 0.484 e. The van der Waals surface area contributed by atoms with E-state index in [1.165, 1.54) is 0 Å². The minimum Gasteiger partial charge on any atom is -0.484 e. The van der Waals surface area contributed by atoms with Gasteiger partial charge in [0.25, 0.3) is 11.8 Å². The molecule has 0 saturated carbocycles. The normalized spacial score (nSPS) is 15.1. The number of hydrogen-bond donors (Lipinski definition) is 1. The van der Waals surface area contributed by atoms with Gasteiger partial charge >= 0.3 is 0 Å². The van der Waals surface area contributed by atoms with Crippen LogP contribution < -0.4 is 10.5 Å². The zero-order valence-electron chi connectivity index (χ0n) is 15.8. The van der Waals surface area contributed by atoms with Gasteiger partial charge in [-0.15, -0.1) is 0 Å². The molecule has 2 amide bonds. The lowest BCUT2D eigenvalue weighted by Crippen LogP contribution is -2.38. The highest BCUT2D eigenvalue weighted by Gasteiger charge is 2.27. The second kappa shape index (κ2) is 8.24. The maximum absolute atomic E-state index is 12.8. The van der Waals surface area contributed by atoms with Crippen molar-refractivity contribution in [2.45, 2.75) is 38.6 Å². The van der Waals surface area contributed by atoms with Crippen molar-refractivity contribution in [3.05, 3.63) is 48.0 Å². The third kappa shape index (κ3) is 4.48.